The first-order valence-corrected chi connectivity index (χ1v) is 10.4. The van der Waals surface area contributed by atoms with Gasteiger partial charge >= 0.3 is 6.18 Å². The largest absolute Gasteiger partial charge is 0.431 e. The van der Waals surface area contributed by atoms with Gasteiger partial charge in [-0.25, -0.2) is 0 Å². The number of nitrogens with one attached hydrogen (secondary N) is 1. The van der Waals surface area contributed by atoms with Crippen LogP contribution in [-0.2, 0) is 22.3 Å². The van der Waals surface area contributed by atoms with Gasteiger partial charge in [0.05, 0.1) is 6.54 Å². The number of nitrogens with two attached hydrogens (primary N) is 1. The van der Waals surface area contributed by atoms with Crippen LogP contribution in [0.3, 0.4) is 0 Å². The van der Waals surface area contributed by atoms with Crippen LogP contribution in [0.4, 0.5) is 18.9 Å². The summed E-state index contributed by atoms with van der Waals surface area (Å²) in [5.74, 6) is -2.12. The summed E-state index contributed by atoms with van der Waals surface area (Å²) in [6.07, 6.45) is -4.90. The first-order chi connectivity index (χ1) is 16.0. The molecule has 0 radical (unpaired) electrons. The van der Waals surface area contributed by atoms with Crippen LogP contribution in [0, 0.1) is 6.92 Å². The van der Waals surface area contributed by atoms with E-state index in [1.165, 1.54) is 4.90 Å². The molecule has 2 aromatic rings. The van der Waals surface area contributed by atoms with Gasteiger partial charge in [-0.05, 0) is 31.2 Å². The van der Waals surface area contributed by atoms with E-state index < -0.39 is 41.4 Å². The Hall–Kier alpha value is -3.67. The number of rotatable bonds is 6. The predicted octanol–water partition coefficient (Wildman–Crippen LogP) is 1.06. The van der Waals surface area contributed by atoms with Gasteiger partial charge in [0, 0.05) is 31.9 Å². The number of pyridine rings is 1. The van der Waals surface area contributed by atoms with Crippen molar-refractivity contribution in [1.82, 2.24) is 14.4 Å². The van der Waals surface area contributed by atoms with E-state index in [4.69, 9.17) is 5.73 Å². The van der Waals surface area contributed by atoms with E-state index >= 15 is 0 Å². The van der Waals surface area contributed by atoms with Crippen molar-refractivity contribution in [1.29, 1.82) is 0 Å². The van der Waals surface area contributed by atoms with Crippen molar-refractivity contribution in [2.24, 2.45) is 5.73 Å². The number of halogens is 3. The number of benzene rings is 1. The van der Waals surface area contributed by atoms with E-state index in [2.05, 4.69) is 5.32 Å². The third-order valence-corrected chi connectivity index (χ3v) is 5.45. The van der Waals surface area contributed by atoms with Crippen molar-refractivity contribution in [3.05, 3.63) is 63.6 Å². The molecule has 1 aliphatic heterocycles. The van der Waals surface area contributed by atoms with E-state index in [1.807, 2.05) is 24.0 Å². The lowest BCUT2D eigenvalue weighted by atomic mass is 10.2. The van der Waals surface area contributed by atoms with Gasteiger partial charge in [-0.15, -0.1) is 0 Å². The molecule has 3 amide bonds. The summed E-state index contributed by atoms with van der Waals surface area (Å²) in [6.45, 7) is 2.13. The maximum absolute atomic E-state index is 13.4. The lowest BCUT2D eigenvalue weighted by Crippen LogP contribution is -2.51. The number of aromatic nitrogens is 1. The minimum atomic E-state index is -4.90. The number of piperazine rings is 1. The number of amides is 3. The first kappa shape index (κ1) is 25.0. The number of aryl methyl sites for hydroxylation is 1. The van der Waals surface area contributed by atoms with Crippen LogP contribution in [0.15, 0.2) is 41.2 Å². The molecule has 0 unspecified atom stereocenters. The van der Waals surface area contributed by atoms with Crippen LogP contribution in [0.25, 0.3) is 0 Å². The lowest BCUT2D eigenvalue weighted by molar-refractivity contribution is -0.146. The van der Waals surface area contributed by atoms with Crippen LogP contribution in [0.2, 0.25) is 0 Å². The maximum atomic E-state index is 13.4. The molecule has 34 heavy (non-hydrogen) atoms. The Balaban J connectivity index is 1.61. The topological polar surface area (TPSA) is 118 Å². The predicted molar refractivity (Wildman–Crippen MR) is 117 cm³/mol. The second-order valence-corrected chi connectivity index (χ2v) is 7.96. The molecule has 0 bridgehead atoms. The number of alkyl halides is 3. The summed E-state index contributed by atoms with van der Waals surface area (Å²) >= 11 is 0. The molecule has 9 nitrogen and oxygen atoms in total. The van der Waals surface area contributed by atoms with Crippen LogP contribution < -0.4 is 16.6 Å². The molecule has 1 aromatic carbocycles. The molecular weight excluding hydrogens is 455 g/mol. The molecular formula is C22H24F3N5O4. The average Bonchev–Trinajstić information content (AvgIpc) is 2.76. The molecule has 1 aliphatic rings. The summed E-state index contributed by atoms with van der Waals surface area (Å²) < 4.78 is 40.3. The third kappa shape index (κ3) is 6.01. The van der Waals surface area contributed by atoms with E-state index in [0.717, 1.165) is 5.56 Å². The Morgan fingerprint density at radius 3 is 2.15 bits per heavy atom. The summed E-state index contributed by atoms with van der Waals surface area (Å²) in [4.78, 5) is 51.8. The number of carbonyl (C=O) groups is 3. The molecule has 0 atom stereocenters. The Labute approximate surface area is 192 Å². The van der Waals surface area contributed by atoms with Gasteiger partial charge in [-0.1, -0.05) is 17.7 Å². The van der Waals surface area contributed by atoms with Gasteiger partial charge in [0.25, 0.3) is 11.5 Å². The van der Waals surface area contributed by atoms with Crippen LogP contribution in [-0.4, -0.2) is 64.8 Å². The summed E-state index contributed by atoms with van der Waals surface area (Å²) in [6, 6.07) is 8.57. The molecule has 1 fully saturated rings. The number of anilines is 1. The number of carbonyl (C=O) groups excluding carboxylic acids is 3. The molecule has 2 heterocycles. The first-order valence-electron chi connectivity index (χ1n) is 10.4. The van der Waals surface area contributed by atoms with Crippen LogP contribution in [0.5, 0.6) is 0 Å². The van der Waals surface area contributed by atoms with Crippen molar-refractivity contribution >= 4 is 23.4 Å². The highest BCUT2D eigenvalue weighted by atomic mass is 19.4. The van der Waals surface area contributed by atoms with Crippen molar-refractivity contribution in [3.8, 4) is 0 Å². The standard InChI is InChI=1S/C22H24F3N5O4/c1-14-2-4-15(5-3-14)27-18(31)12-28-8-10-29(11-9-28)19(32)13-30-17(22(23,24)25)7-6-16(20(26)33)21(30)34/h2-7H,8-13H2,1H3,(H2,26,33)(H,27,31). The van der Waals surface area contributed by atoms with Gasteiger partial charge in [-0.3, -0.25) is 28.6 Å². The molecule has 182 valence electrons. The van der Waals surface area contributed by atoms with Crippen LogP contribution >= 0.6 is 0 Å². The molecule has 1 aromatic heterocycles. The SMILES string of the molecule is Cc1ccc(NC(=O)CN2CCN(C(=O)Cn3c(C(F)(F)F)ccc(C(N)=O)c3=O)CC2)cc1. The van der Waals surface area contributed by atoms with Crippen molar-refractivity contribution in [3.63, 3.8) is 0 Å². The van der Waals surface area contributed by atoms with Crippen molar-refractivity contribution in [2.75, 3.05) is 38.0 Å². The Bertz CT molecular complexity index is 1140. The second kappa shape index (κ2) is 10.1. The second-order valence-electron chi connectivity index (χ2n) is 7.96. The van der Waals surface area contributed by atoms with Gasteiger partial charge in [0.15, 0.2) is 0 Å². The lowest BCUT2D eigenvalue weighted by Gasteiger charge is -2.34. The molecule has 0 aliphatic carbocycles. The summed E-state index contributed by atoms with van der Waals surface area (Å²) in [5.41, 5.74) is 3.52. The normalized spacial score (nSPS) is 14.6. The van der Waals surface area contributed by atoms with E-state index in [-0.39, 0.29) is 30.1 Å². The fourth-order valence-electron chi connectivity index (χ4n) is 3.60. The highest BCUT2D eigenvalue weighted by Gasteiger charge is 2.36. The zero-order chi connectivity index (χ0) is 25.0. The van der Waals surface area contributed by atoms with Crippen molar-refractivity contribution in [2.45, 2.75) is 19.6 Å². The zero-order valence-electron chi connectivity index (χ0n) is 18.4. The smallest absolute Gasteiger partial charge is 0.365 e. The fraction of sp³-hybridized carbons (Fsp3) is 0.364. The van der Waals surface area contributed by atoms with E-state index in [9.17, 15) is 32.3 Å². The van der Waals surface area contributed by atoms with Gasteiger partial charge in [-0.2, -0.15) is 13.2 Å². The average molecular weight is 479 g/mol. The quantitative estimate of drug-likeness (QED) is 0.643. The molecule has 12 heteroatoms. The van der Waals surface area contributed by atoms with E-state index in [0.29, 0.717) is 30.9 Å². The minimum absolute atomic E-state index is 0.0915. The highest BCUT2D eigenvalue weighted by Crippen LogP contribution is 2.28. The Kier molecular flexibility index (Phi) is 7.40. The number of hydrogen-bond acceptors (Lipinski definition) is 5. The van der Waals surface area contributed by atoms with Gasteiger partial charge in [0.1, 0.15) is 17.8 Å². The molecule has 3 rings (SSSR count). The number of primary amides is 1. The van der Waals surface area contributed by atoms with Gasteiger partial charge < -0.3 is 16.0 Å². The summed E-state index contributed by atoms with van der Waals surface area (Å²) in [7, 11) is 0. The van der Waals surface area contributed by atoms with Gasteiger partial charge in [0.2, 0.25) is 11.8 Å². The minimum Gasteiger partial charge on any atom is -0.365 e. The molecule has 1 saturated heterocycles. The molecule has 0 saturated carbocycles. The zero-order valence-corrected chi connectivity index (χ0v) is 18.4. The van der Waals surface area contributed by atoms with Crippen molar-refractivity contribution < 1.29 is 27.6 Å². The molecule has 3 N–H and O–H groups in total. The number of nitrogens with zero attached hydrogens (tertiary/aromatic N) is 3. The highest BCUT2D eigenvalue weighted by molar-refractivity contribution is 5.93. The number of hydrogen-bond donors (Lipinski definition) is 2. The van der Waals surface area contributed by atoms with Crippen LogP contribution in [0.1, 0.15) is 21.6 Å². The Morgan fingerprint density at radius 1 is 0.971 bits per heavy atom. The maximum Gasteiger partial charge on any atom is 0.431 e. The molecule has 0 spiro atoms. The fourth-order valence-corrected chi connectivity index (χ4v) is 3.60. The van der Waals surface area contributed by atoms with E-state index in [1.54, 1.807) is 12.1 Å². The monoisotopic (exact) mass is 479 g/mol. The summed E-state index contributed by atoms with van der Waals surface area (Å²) in [5, 5.41) is 2.78. The Morgan fingerprint density at radius 2 is 1.59 bits per heavy atom. The third-order valence-electron chi connectivity index (χ3n) is 5.45.